The first-order valence-electron chi connectivity index (χ1n) is 7.31. The smallest absolute Gasteiger partial charge is 0.241 e. The standard InChI is InChI=1S/C17H18FNO3S/c1-12-11-15(7-8-16(12)18)23(20,21)19-17(9-10-17)13-3-5-14(22-2)6-4-13/h3-8,11,19H,9-10H2,1-2H3. The summed E-state index contributed by atoms with van der Waals surface area (Å²) in [5, 5.41) is 0. The Morgan fingerprint density at radius 2 is 1.78 bits per heavy atom. The van der Waals surface area contributed by atoms with E-state index < -0.39 is 21.4 Å². The molecule has 1 saturated carbocycles. The second kappa shape index (κ2) is 5.62. The Kier molecular flexibility index (Phi) is 3.90. The van der Waals surface area contributed by atoms with Crippen LogP contribution in [0.2, 0.25) is 0 Å². The Morgan fingerprint density at radius 3 is 2.30 bits per heavy atom. The summed E-state index contributed by atoms with van der Waals surface area (Å²) < 4.78 is 46.4. The van der Waals surface area contributed by atoms with Crippen molar-refractivity contribution in [3.05, 3.63) is 59.4 Å². The van der Waals surface area contributed by atoms with E-state index in [-0.39, 0.29) is 4.90 Å². The van der Waals surface area contributed by atoms with E-state index in [4.69, 9.17) is 4.74 Å². The summed E-state index contributed by atoms with van der Waals surface area (Å²) in [6.45, 7) is 1.55. The van der Waals surface area contributed by atoms with Gasteiger partial charge in [0.15, 0.2) is 0 Å². The molecule has 1 N–H and O–H groups in total. The molecule has 2 aromatic carbocycles. The predicted octanol–water partition coefficient (Wildman–Crippen LogP) is 3.11. The van der Waals surface area contributed by atoms with Crippen LogP contribution in [-0.2, 0) is 15.6 Å². The molecule has 0 unspecified atom stereocenters. The van der Waals surface area contributed by atoms with Crippen molar-refractivity contribution in [1.29, 1.82) is 0 Å². The minimum absolute atomic E-state index is 0.0798. The highest BCUT2D eigenvalue weighted by molar-refractivity contribution is 7.89. The van der Waals surface area contributed by atoms with Gasteiger partial charge in [-0.05, 0) is 61.2 Å². The van der Waals surface area contributed by atoms with Crippen molar-refractivity contribution >= 4 is 10.0 Å². The highest BCUT2D eigenvalue weighted by Crippen LogP contribution is 2.46. The molecule has 0 heterocycles. The molecule has 4 nitrogen and oxygen atoms in total. The van der Waals surface area contributed by atoms with E-state index in [2.05, 4.69) is 4.72 Å². The second-order valence-electron chi connectivity index (χ2n) is 5.83. The molecule has 0 aliphatic heterocycles. The van der Waals surface area contributed by atoms with Gasteiger partial charge in [-0.25, -0.2) is 17.5 Å². The van der Waals surface area contributed by atoms with Crippen LogP contribution in [-0.4, -0.2) is 15.5 Å². The van der Waals surface area contributed by atoms with Gasteiger partial charge in [0.05, 0.1) is 17.5 Å². The van der Waals surface area contributed by atoms with Crippen LogP contribution in [0, 0.1) is 12.7 Å². The van der Waals surface area contributed by atoms with Crippen LogP contribution in [0.15, 0.2) is 47.4 Å². The number of rotatable bonds is 5. The van der Waals surface area contributed by atoms with Crippen molar-refractivity contribution in [1.82, 2.24) is 4.72 Å². The molecule has 3 rings (SSSR count). The third-order valence-corrected chi connectivity index (χ3v) is 5.70. The van der Waals surface area contributed by atoms with Crippen LogP contribution >= 0.6 is 0 Å². The molecule has 0 spiro atoms. The van der Waals surface area contributed by atoms with E-state index in [0.29, 0.717) is 5.56 Å². The van der Waals surface area contributed by atoms with Gasteiger partial charge in [0, 0.05) is 0 Å². The van der Waals surface area contributed by atoms with Crippen LogP contribution in [0.25, 0.3) is 0 Å². The number of benzene rings is 2. The molecule has 0 aromatic heterocycles. The maximum atomic E-state index is 13.3. The third kappa shape index (κ3) is 3.09. The SMILES string of the molecule is COc1ccc(C2(NS(=O)(=O)c3ccc(F)c(C)c3)CC2)cc1. The van der Waals surface area contributed by atoms with Gasteiger partial charge in [-0.2, -0.15) is 0 Å². The molecule has 0 amide bonds. The Bertz CT molecular complexity index is 827. The number of methoxy groups -OCH3 is 1. The van der Waals surface area contributed by atoms with Crippen molar-refractivity contribution in [2.75, 3.05) is 7.11 Å². The van der Waals surface area contributed by atoms with Crippen LogP contribution in [0.5, 0.6) is 5.75 Å². The molecule has 122 valence electrons. The lowest BCUT2D eigenvalue weighted by Crippen LogP contribution is -2.34. The fourth-order valence-electron chi connectivity index (χ4n) is 2.59. The van der Waals surface area contributed by atoms with E-state index >= 15 is 0 Å². The quantitative estimate of drug-likeness (QED) is 0.913. The zero-order valence-electron chi connectivity index (χ0n) is 13.0. The molecule has 1 fully saturated rings. The monoisotopic (exact) mass is 335 g/mol. The van der Waals surface area contributed by atoms with Crippen molar-refractivity contribution in [2.24, 2.45) is 0 Å². The Balaban J connectivity index is 1.88. The Hall–Kier alpha value is -1.92. The molecule has 1 aliphatic rings. The van der Waals surface area contributed by atoms with Gasteiger partial charge in [-0.3, -0.25) is 0 Å². The van der Waals surface area contributed by atoms with E-state index in [0.717, 1.165) is 24.2 Å². The number of hydrogen-bond donors (Lipinski definition) is 1. The van der Waals surface area contributed by atoms with E-state index in [1.54, 1.807) is 14.0 Å². The summed E-state index contributed by atoms with van der Waals surface area (Å²) in [4.78, 5) is 0.0798. The van der Waals surface area contributed by atoms with Gasteiger partial charge in [-0.15, -0.1) is 0 Å². The molecule has 0 saturated heterocycles. The Labute approximate surface area is 135 Å². The van der Waals surface area contributed by atoms with Crippen LogP contribution < -0.4 is 9.46 Å². The lowest BCUT2D eigenvalue weighted by molar-refractivity contribution is 0.414. The molecule has 0 atom stereocenters. The molecular weight excluding hydrogens is 317 g/mol. The number of nitrogens with one attached hydrogen (secondary N) is 1. The number of aryl methyl sites for hydroxylation is 1. The van der Waals surface area contributed by atoms with Crippen LogP contribution in [0.3, 0.4) is 0 Å². The van der Waals surface area contributed by atoms with Gasteiger partial charge in [-0.1, -0.05) is 12.1 Å². The summed E-state index contributed by atoms with van der Waals surface area (Å²) in [6.07, 6.45) is 1.47. The first kappa shape index (κ1) is 16.0. The number of hydrogen-bond acceptors (Lipinski definition) is 3. The predicted molar refractivity (Wildman–Crippen MR) is 85.4 cm³/mol. The molecule has 23 heavy (non-hydrogen) atoms. The van der Waals surface area contributed by atoms with Crippen molar-refractivity contribution in [3.63, 3.8) is 0 Å². The first-order chi connectivity index (χ1) is 10.9. The van der Waals surface area contributed by atoms with E-state index in [1.807, 2.05) is 24.3 Å². The minimum Gasteiger partial charge on any atom is -0.497 e. The highest BCUT2D eigenvalue weighted by atomic mass is 32.2. The van der Waals surface area contributed by atoms with Gasteiger partial charge in [0.1, 0.15) is 11.6 Å². The maximum absolute atomic E-state index is 13.3. The fraction of sp³-hybridized carbons (Fsp3) is 0.294. The summed E-state index contributed by atoms with van der Waals surface area (Å²) in [5.74, 6) is 0.307. The summed E-state index contributed by atoms with van der Waals surface area (Å²) in [7, 11) is -2.12. The second-order valence-corrected chi connectivity index (χ2v) is 7.51. The maximum Gasteiger partial charge on any atom is 0.241 e. The van der Waals surface area contributed by atoms with Gasteiger partial charge < -0.3 is 4.74 Å². The van der Waals surface area contributed by atoms with Crippen LogP contribution in [0.1, 0.15) is 24.0 Å². The third-order valence-electron chi connectivity index (χ3n) is 4.16. The van der Waals surface area contributed by atoms with Gasteiger partial charge in [0.25, 0.3) is 0 Å². The number of ether oxygens (including phenoxy) is 1. The summed E-state index contributed by atoms with van der Waals surface area (Å²) in [6, 6.07) is 11.2. The van der Waals surface area contributed by atoms with Crippen molar-refractivity contribution < 1.29 is 17.5 Å². The number of sulfonamides is 1. The molecule has 6 heteroatoms. The van der Waals surface area contributed by atoms with Gasteiger partial charge >= 0.3 is 0 Å². The van der Waals surface area contributed by atoms with E-state index in [1.165, 1.54) is 18.2 Å². The lowest BCUT2D eigenvalue weighted by Gasteiger charge is -2.18. The fourth-order valence-corrected chi connectivity index (χ4v) is 4.12. The zero-order valence-corrected chi connectivity index (χ0v) is 13.8. The minimum atomic E-state index is -3.71. The van der Waals surface area contributed by atoms with Gasteiger partial charge in [0.2, 0.25) is 10.0 Å². The van der Waals surface area contributed by atoms with Crippen molar-refractivity contribution in [3.8, 4) is 5.75 Å². The van der Waals surface area contributed by atoms with Crippen molar-refractivity contribution in [2.45, 2.75) is 30.2 Å². The molecule has 2 aromatic rings. The summed E-state index contributed by atoms with van der Waals surface area (Å²) in [5.41, 5.74) is 0.635. The average molecular weight is 335 g/mol. The Morgan fingerprint density at radius 1 is 1.13 bits per heavy atom. The normalized spacial score (nSPS) is 16.1. The highest BCUT2D eigenvalue weighted by Gasteiger charge is 2.47. The largest absolute Gasteiger partial charge is 0.497 e. The summed E-state index contributed by atoms with van der Waals surface area (Å²) >= 11 is 0. The molecule has 1 aliphatic carbocycles. The zero-order chi connectivity index (χ0) is 16.7. The molecule has 0 bridgehead atoms. The average Bonchev–Trinajstić information content (AvgIpc) is 3.30. The van der Waals surface area contributed by atoms with Crippen LogP contribution in [0.4, 0.5) is 4.39 Å². The molecular formula is C17H18FNO3S. The molecule has 0 radical (unpaired) electrons. The lowest BCUT2D eigenvalue weighted by atomic mass is 10.1. The van der Waals surface area contributed by atoms with E-state index in [9.17, 15) is 12.8 Å². The number of halogens is 1. The first-order valence-corrected chi connectivity index (χ1v) is 8.79. The topological polar surface area (TPSA) is 55.4 Å².